The topological polar surface area (TPSA) is 112 Å². The Morgan fingerprint density at radius 2 is 2.05 bits per heavy atom. The lowest BCUT2D eigenvalue weighted by Gasteiger charge is -2.35. The van der Waals surface area contributed by atoms with Crippen molar-refractivity contribution in [2.45, 2.75) is 18.8 Å². The van der Waals surface area contributed by atoms with Crippen LogP contribution in [0.5, 0.6) is 0 Å². The number of nitrogens with two attached hydrogens (primary N) is 1. The van der Waals surface area contributed by atoms with Crippen molar-refractivity contribution < 1.29 is 4.39 Å². The third kappa shape index (κ3) is 5.84. The van der Waals surface area contributed by atoms with Gasteiger partial charge >= 0.3 is 0 Å². The molecule has 4 rings (SSSR count). The van der Waals surface area contributed by atoms with Crippen LogP contribution in [0, 0.1) is 17.3 Å². The number of pyridine rings is 1. The molecule has 0 amide bonds. The zero-order valence-corrected chi connectivity index (χ0v) is 21.5. The number of piperidine rings is 1. The molecule has 0 saturated carbocycles. The second-order valence-electron chi connectivity index (χ2n) is 9.39. The molecule has 0 spiro atoms. The molecule has 1 fully saturated rings. The Morgan fingerprint density at radius 3 is 2.65 bits per heavy atom. The van der Waals surface area contributed by atoms with Crippen molar-refractivity contribution in [3.63, 3.8) is 0 Å². The van der Waals surface area contributed by atoms with Gasteiger partial charge in [-0.15, -0.1) is 10.2 Å². The molecule has 1 aliphatic heterocycles. The van der Waals surface area contributed by atoms with Crippen LogP contribution >= 0.6 is 0 Å². The highest BCUT2D eigenvalue weighted by atomic mass is 19.1. The Hall–Kier alpha value is -4.10. The minimum atomic E-state index is -0.547. The normalized spacial score (nSPS) is 15.0. The Balaban J connectivity index is 1.73. The van der Waals surface area contributed by atoms with Gasteiger partial charge in [0.2, 0.25) is 5.95 Å². The molecule has 1 saturated heterocycles. The van der Waals surface area contributed by atoms with E-state index in [-0.39, 0.29) is 5.92 Å². The van der Waals surface area contributed by atoms with Crippen molar-refractivity contribution in [2.24, 2.45) is 17.8 Å². The number of aromatic nitrogens is 4. The molecule has 3 heterocycles. The minimum absolute atomic E-state index is 0.289. The summed E-state index contributed by atoms with van der Waals surface area (Å²) in [5.41, 5.74) is 10.3. The zero-order valence-electron chi connectivity index (χ0n) is 21.5. The molecule has 1 aliphatic rings. The van der Waals surface area contributed by atoms with Crippen molar-refractivity contribution in [3.8, 4) is 17.2 Å². The van der Waals surface area contributed by atoms with Gasteiger partial charge < -0.3 is 20.1 Å². The fraction of sp³-hybridized carbons (Fsp3) is 0.370. The lowest BCUT2D eigenvalue weighted by Crippen LogP contribution is -2.34. The SMILES string of the molecule is CN(C)CCN=CC(=CN)c1ccc(-c2ccc(F)nc2)c(N2CCC(c3nncn3C)CC2)c1C#N. The molecule has 0 atom stereocenters. The Bertz CT molecular complexity index is 1310. The number of benzene rings is 1. The van der Waals surface area contributed by atoms with E-state index >= 15 is 0 Å². The van der Waals surface area contributed by atoms with Crippen molar-refractivity contribution in [3.05, 3.63) is 65.9 Å². The number of aliphatic imine (C=N–C) groups is 1. The predicted molar refractivity (Wildman–Crippen MR) is 144 cm³/mol. The molecule has 10 heteroatoms. The zero-order chi connectivity index (χ0) is 26.4. The van der Waals surface area contributed by atoms with E-state index in [9.17, 15) is 9.65 Å². The van der Waals surface area contributed by atoms with Crippen molar-refractivity contribution in [1.29, 1.82) is 5.26 Å². The maximum Gasteiger partial charge on any atom is 0.212 e. The minimum Gasteiger partial charge on any atom is -0.404 e. The smallest absolute Gasteiger partial charge is 0.212 e. The summed E-state index contributed by atoms with van der Waals surface area (Å²) in [6.45, 7) is 2.89. The van der Waals surface area contributed by atoms with E-state index in [1.807, 2.05) is 37.8 Å². The summed E-state index contributed by atoms with van der Waals surface area (Å²) in [6, 6.07) is 9.28. The van der Waals surface area contributed by atoms with Crippen LogP contribution in [-0.4, -0.2) is 71.1 Å². The molecule has 1 aromatic carbocycles. The van der Waals surface area contributed by atoms with E-state index in [4.69, 9.17) is 5.73 Å². The third-order valence-corrected chi connectivity index (χ3v) is 6.65. The van der Waals surface area contributed by atoms with Gasteiger partial charge in [0.15, 0.2) is 0 Å². The first-order valence-electron chi connectivity index (χ1n) is 12.3. The number of nitriles is 1. The molecular formula is C27H32FN9. The van der Waals surface area contributed by atoms with Crippen molar-refractivity contribution in [2.75, 3.05) is 45.2 Å². The molecule has 192 valence electrons. The lowest BCUT2D eigenvalue weighted by molar-refractivity contribution is 0.421. The number of hydrogen-bond donors (Lipinski definition) is 1. The first-order chi connectivity index (χ1) is 17.9. The van der Waals surface area contributed by atoms with Gasteiger partial charge in [0, 0.05) is 73.5 Å². The third-order valence-electron chi connectivity index (χ3n) is 6.65. The summed E-state index contributed by atoms with van der Waals surface area (Å²) in [7, 11) is 5.94. The van der Waals surface area contributed by atoms with Crippen molar-refractivity contribution in [1.82, 2.24) is 24.6 Å². The van der Waals surface area contributed by atoms with E-state index in [1.54, 1.807) is 18.6 Å². The van der Waals surface area contributed by atoms with Crippen LogP contribution in [0.3, 0.4) is 0 Å². The molecule has 2 N–H and O–H groups in total. The predicted octanol–water partition coefficient (Wildman–Crippen LogP) is 3.20. The van der Waals surface area contributed by atoms with Gasteiger partial charge in [-0.05, 0) is 39.1 Å². The van der Waals surface area contributed by atoms with Gasteiger partial charge in [-0.25, -0.2) is 4.98 Å². The molecule has 37 heavy (non-hydrogen) atoms. The summed E-state index contributed by atoms with van der Waals surface area (Å²) in [6.07, 6.45) is 8.17. The number of allylic oxidation sites excluding steroid dienone is 1. The Morgan fingerprint density at radius 1 is 1.27 bits per heavy atom. The largest absolute Gasteiger partial charge is 0.404 e. The molecule has 0 unspecified atom stereocenters. The van der Waals surface area contributed by atoms with E-state index in [0.717, 1.165) is 55.1 Å². The highest BCUT2D eigenvalue weighted by molar-refractivity contribution is 6.11. The fourth-order valence-corrected chi connectivity index (χ4v) is 4.69. The van der Waals surface area contributed by atoms with Crippen LogP contribution in [0.4, 0.5) is 10.1 Å². The van der Waals surface area contributed by atoms with E-state index in [2.05, 4.69) is 36.0 Å². The summed E-state index contributed by atoms with van der Waals surface area (Å²) < 4.78 is 15.6. The summed E-state index contributed by atoms with van der Waals surface area (Å²) >= 11 is 0. The number of hydrogen-bond acceptors (Lipinski definition) is 8. The number of halogens is 1. The van der Waals surface area contributed by atoms with Crippen LogP contribution in [-0.2, 0) is 7.05 Å². The standard InChI is InChI=1S/C27H32FN9/c1-35(2)13-10-31-16-21(14-29)22-5-6-23(20-4-7-25(28)32-17-20)26(24(22)15-30)37-11-8-19(9-12-37)27-34-33-18-36(27)3/h4-7,14,16-19H,8-13,29H2,1-3H3. The van der Waals surface area contributed by atoms with Crippen LogP contribution in [0.15, 0.2) is 48.0 Å². The Labute approximate surface area is 216 Å². The highest BCUT2D eigenvalue weighted by Gasteiger charge is 2.28. The number of likely N-dealkylation sites (N-methyl/N-ethyl adjacent to an activating group) is 1. The molecule has 9 nitrogen and oxygen atoms in total. The number of nitrogens with zero attached hydrogens (tertiary/aromatic N) is 8. The van der Waals surface area contributed by atoms with E-state index < -0.39 is 5.95 Å². The molecular weight excluding hydrogens is 469 g/mol. The molecule has 3 aromatic rings. The fourth-order valence-electron chi connectivity index (χ4n) is 4.69. The maximum atomic E-state index is 13.6. The summed E-state index contributed by atoms with van der Waals surface area (Å²) in [5, 5.41) is 18.7. The average Bonchev–Trinajstić information content (AvgIpc) is 3.34. The first-order valence-corrected chi connectivity index (χ1v) is 12.3. The highest BCUT2D eigenvalue weighted by Crippen LogP contribution is 2.40. The van der Waals surface area contributed by atoms with Gasteiger partial charge in [-0.1, -0.05) is 12.1 Å². The van der Waals surface area contributed by atoms with Gasteiger partial charge in [-0.3, -0.25) is 4.99 Å². The second kappa shape index (κ2) is 11.8. The number of aryl methyl sites for hydroxylation is 1. The van der Waals surface area contributed by atoms with Crippen LogP contribution < -0.4 is 10.6 Å². The lowest BCUT2D eigenvalue weighted by atomic mass is 9.90. The van der Waals surface area contributed by atoms with E-state index in [0.29, 0.717) is 23.2 Å². The maximum absolute atomic E-state index is 13.6. The molecule has 0 bridgehead atoms. The van der Waals surface area contributed by atoms with Gasteiger partial charge in [0.05, 0.1) is 17.8 Å². The molecule has 2 aromatic heterocycles. The quantitative estimate of drug-likeness (QED) is 0.373. The molecule has 0 aliphatic carbocycles. The summed E-state index contributed by atoms with van der Waals surface area (Å²) in [5.74, 6) is 0.713. The monoisotopic (exact) mass is 501 g/mol. The van der Waals surface area contributed by atoms with Crippen LogP contribution in [0.2, 0.25) is 0 Å². The van der Waals surface area contributed by atoms with Crippen molar-refractivity contribution >= 4 is 17.5 Å². The Kier molecular flexibility index (Phi) is 8.25. The van der Waals surface area contributed by atoms with E-state index in [1.165, 1.54) is 18.5 Å². The molecule has 0 radical (unpaired) electrons. The first kappa shape index (κ1) is 26.0. The van der Waals surface area contributed by atoms with Crippen LogP contribution in [0.1, 0.15) is 35.7 Å². The van der Waals surface area contributed by atoms with Gasteiger partial charge in [0.25, 0.3) is 0 Å². The summed E-state index contributed by atoms with van der Waals surface area (Å²) in [4.78, 5) is 12.6. The number of rotatable bonds is 8. The number of anilines is 1. The van der Waals surface area contributed by atoms with Gasteiger partial charge in [0.1, 0.15) is 18.2 Å². The second-order valence-corrected chi connectivity index (χ2v) is 9.39. The van der Waals surface area contributed by atoms with Gasteiger partial charge in [-0.2, -0.15) is 9.65 Å². The van der Waals surface area contributed by atoms with Crippen LogP contribution in [0.25, 0.3) is 16.7 Å². The average molecular weight is 502 g/mol.